The van der Waals surface area contributed by atoms with Crippen LogP contribution in [0.2, 0.25) is 0 Å². The SMILES string of the molecule is COc1ccccc1C(C)N(C)C(=O)c1ccc(-c2nc(C)cs2)cc1. The number of nitrogens with zero attached hydrogens (tertiary/aromatic N) is 2. The van der Waals surface area contributed by atoms with E-state index < -0.39 is 0 Å². The molecular formula is C21H22N2O2S. The fourth-order valence-electron chi connectivity index (χ4n) is 2.84. The van der Waals surface area contributed by atoms with Gasteiger partial charge in [-0.2, -0.15) is 0 Å². The fraction of sp³-hybridized carbons (Fsp3) is 0.238. The molecule has 0 aliphatic rings. The molecular weight excluding hydrogens is 344 g/mol. The highest BCUT2D eigenvalue weighted by molar-refractivity contribution is 7.13. The van der Waals surface area contributed by atoms with Crippen molar-refractivity contribution in [3.05, 3.63) is 70.7 Å². The molecule has 3 rings (SSSR count). The number of amides is 1. The molecule has 1 amide bonds. The van der Waals surface area contributed by atoms with Crippen molar-refractivity contribution in [2.75, 3.05) is 14.2 Å². The summed E-state index contributed by atoms with van der Waals surface area (Å²) in [7, 11) is 3.46. The number of methoxy groups -OCH3 is 1. The van der Waals surface area contributed by atoms with Gasteiger partial charge in [0, 0.05) is 34.8 Å². The predicted octanol–water partition coefficient (Wildman–Crippen LogP) is 4.96. The van der Waals surface area contributed by atoms with Gasteiger partial charge in [-0.3, -0.25) is 4.79 Å². The maximum absolute atomic E-state index is 12.9. The zero-order valence-electron chi connectivity index (χ0n) is 15.4. The van der Waals surface area contributed by atoms with Gasteiger partial charge in [0.15, 0.2) is 0 Å². The van der Waals surface area contributed by atoms with Gasteiger partial charge in [0.1, 0.15) is 10.8 Å². The van der Waals surface area contributed by atoms with Crippen LogP contribution in [0.25, 0.3) is 10.6 Å². The summed E-state index contributed by atoms with van der Waals surface area (Å²) in [6.07, 6.45) is 0. The highest BCUT2D eigenvalue weighted by Gasteiger charge is 2.21. The third-order valence-corrected chi connectivity index (χ3v) is 5.50. The molecule has 0 aliphatic carbocycles. The first kappa shape index (κ1) is 18.1. The number of aromatic nitrogens is 1. The second-order valence-corrected chi connectivity index (χ2v) is 7.06. The van der Waals surface area contributed by atoms with Gasteiger partial charge in [-0.1, -0.05) is 30.3 Å². The molecule has 0 saturated carbocycles. The van der Waals surface area contributed by atoms with Crippen LogP contribution in [0.1, 0.15) is 34.6 Å². The van der Waals surface area contributed by atoms with Crippen molar-refractivity contribution in [3.63, 3.8) is 0 Å². The van der Waals surface area contributed by atoms with Crippen molar-refractivity contribution in [3.8, 4) is 16.3 Å². The van der Waals surface area contributed by atoms with E-state index in [2.05, 4.69) is 4.98 Å². The van der Waals surface area contributed by atoms with E-state index in [1.54, 1.807) is 23.3 Å². The van der Waals surface area contributed by atoms with Crippen LogP contribution in [0.15, 0.2) is 53.9 Å². The zero-order chi connectivity index (χ0) is 18.7. The van der Waals surface area contributed by atoms with Crippen LogP contribution in [0.4, 0.5) is 0 Å². The van der Waals surface area contributed by atoms with E-state index >= 15 is 0 Å². The van der Waals surface area contributed by atoms with Gasteiger partial charge in [0.05, 0.1) is 13.2 Å². The lowest BCUT2D eigenvalue weighted by molar-refractivity contribution is 0.0741. The number of thiazole rings is 1. The number of hydrogen-bond donors (Lipinski definition) is 0. The monoisotopic (exact) mass is 366 g/mol. The number of carbonyl (C=O) groups is 1. The lowest BCUT2D eigenvalue weighted by Gasteiger charge is -2.26. The maximum Gasteiger partial charge on any atom is 0.254 e. The van der Waals surface area contributed by atoms with Crippen molar-refractivity contribution in [1.82, 2.24) is 9.88 Å². The Morgan fingerprint density at radius 2 is 1.85 bits per heavy atom. The van der Waals surface area contributed by atoms with Gasteiger partial charge in [0.25, 0.3) is 5.91 Å². The molecule has 5 heteroatoms. The van der Waals surface area contributed by atoms with Gasteiger partial charge in [-0.05, 0) is 32.0 Å². The molecule has 0 N–H and O–H groups in total. The second-order valence-electron chi connectivity index (χ2n) is 6.21. The molecule has 0 radical (unpaired) electrons. The smallest absolute Gasteiger partial charge is 0.254 e. The van der Waals surface area contributed by atoms with E-state index in [1.165, 1.54) is 0 Å². The molecule has 0 bridgehead atoms. The minimum Gasteiger partial charge on any atom is -0.496 e. The van der Waals surface area contributed by atoms with Crippen LogP contribution >= 0.6 is 11.3 Å². The van der Waals surface area contributed by atoms with Gasteiger partial charge in [-0.25, -0.2) is 4.98 Å². The zero-order valence-corrected chi connectivity index (χ0v) is 16.2. The average Bonchev–Trinajstić information content (AvgIpc) is 3.12. The van der Waals surface area contributed by atoms with Gasteiger partial charge in [0.2, 0.25) is 0 Å². The van der Waals surface area contributed by atoms with E-state index in [1.807, 2.05) is 74.8 Å². The predicted molar refractivity (Wildman–Crippen MR) is 106 cm³/mol. The Kier molecular flexibility index (Phi) is 5.38. The fourth-order valence-corrected chi connectivity index (χ4v) is 3.65. The first-order valence-corrected chi connectivity index (χ1v) is 9.32. The summed E-state index contributed by atoms with van der Waals surface area (Å²) in [4.78, 5) is 19.1. The molecule has 3 aromatic rings. The summed E-state index contributed by atoms with van der Waals surface area (Å²) in [5.41, 5.74) is 3.68. The molecule has 1 aromatic heterocycles. The molecule has 4 nitrogen and oxygen atoms in total. The topological polar surface area (TPSA) is 42.4 Å². The largest absolute Gasteiger partial charge is 0.496 e. The first-order valence-electron chi connectivity index (χ1n) is 8.44. The van der Waals surface area contributed by atoms with Crippen LogP contribution < -0.4 is 4.74 Å². The van der Waals surface area contributed by atoms with Crippen LogP contribution in [0.5, 0.6) is 5.75 Å². The molecule has 2 aromatic carbocycles. The highest BCUT2D eigenvalue weighted by atomic mass is 32.1. The quantitative estimate of drug-likeness (QED) is 0.641. The number of benzene rings is 2. The second kappa shape index (κ2) is 7.70. The molecule has 1 unspecified atom stereocenters. The molecule has 0 aliphatic heterocycles. The molecule has 134 valence electrons. The maximum atomic E-state index is 12.9. The first-order chi connectivity index (χ1) is 12.5. The molecule has 26 heavy (non-hydrogen) atoms. The lowest BCUT2D eigenvalue weighted by atomic mass is 10.0. The number of hydrogen-bond acceptors (Lipinski definition) is 4. The van der Waals surface area contributed by atoms with Crippen LogP contribution in [0.3, 0.4) is 0 Å². The molecule has 1 atom stereocenters. The van der Waals surface area contributed by atoms with Gasteiger partial charge in [-0.15, -0.1) is 11.3 Å². The number of ether oxygens (including phenoxy) is 1. The Balaban J connectivity index is 1.79. The minimum atomic E-state index is -0.0973. The molecule has 1 heterocycles. The van der Waals surface area contributed by atoms with Crippen LogP contribution in [-0.2, 0) is 0 Å². The number of rotatable bonds is 5. The Morgan fingerprint density at radius 3 is 2.46 bits per heavy atom. The normalized spacial score (nSPS) is 11.8. The Bertz CT molecular complexity index is 902. The third kappa shape index (κ3) is 3.63. The summed E-state index contributed by atoms with van der Waals surface area (Å²) < 4.78 is 5.43. The Labute approximate surface area is 158 Å². The van der Waals surface area contributed by atoms with Gasteiger partial charge < -0.3 is 9.64 Å². The molecule has 0 fully saturated rings. The summed E-state index contributed by atoms with van der Waals surface area (Å²) >= 11 is 1.61. The third-order valence-electron chi connectivity index (χ3n) is 4.49. The van der Waals surface area contributed by atoms with E-state index in [4.69, 9.17) is 4.74 Å². The van der Waals surface area contributed by atoms with Gasteiger partial charge >= 0.3 is 0 Å². The van der Waals surface area contributed by atoms with E-state index in [-0.39, 0.29) is 11.9 Å². The Morgan fingerprint density at radius 1 is 1.15 bits per heavy atom. The van der Waals surface area contributed by atoms with Crippen molar-refractivity contribution in [2.24, 2.45) is 0 Å². The van der Waals surface area contributed by atoms with Crippen molar-refractivity contribution >= 4 is 17.2 Å². The van der Waals surface area contributed by atoms with Crippen LogP contribution in [-0.4, -0.2) is 29.9 Å². The van der Waals surface area contributed by atoms with Crippen molar-refractivity contribution in [2.45, 2.75) is 19.9 Å². The minimum absolute atomic E-state index is 0.0229. The summed E-state index contributed by atoms with van der Waals surface area (Å²) in [5.74, 6) is 0.763. The summed E-state index contributed by atoms with van der Waals surface area (Å²) in [6.45, 7) is 3.98. The van der Waals surface area contributed by atoms with E-state index in [9.17, 15) is 4.79 Å². The van der Waals surface area contributed by atoms with E-state index in [0.717, 1.165) is 27.6 Å². The van der Waals surface area contributed by atoms with Crippen molar-refractivity contribution in [1.29, 1.82) is 0 Å². The summed E-state index contributed by atoms with van der Waals surface area (Å²) in [6, 6.07) is 15.3. The number of para-hydroxylation sites is 1. The van der Waals surface area contributed by atoms with E-state index in [0.29, 0.717) is 5.56 Å². The number of carbonyl (C=O) groups excluding carboxylic acids is 1. The van der Waals surface area contributed by atoms with Crippen molar-refractivity contribution < 1.29 is 9.53 Å². The molecule has 0 saturated heterocycles. The number of aryl methyl sites for hydroxylation is 1. The average molecular weight is 366 g/mol. The highest BCUT2D eigenvalue weighted by Crippen LogP contribution is 2.29. The standard InChI is InChI=1S/C21H22N2O2S/c1-14-13-26-20(22-14)16-9-11-17(12-10-16)21(24)23(3)15(2)18-7-5-6-8-19(18)25-4/h5-13,15H,1-4H3. The summed E-state index contributed by atoms with van der Waals surface area (Å²) in [5, 5.41) is 2.99. The Hall–Kier alpha value is -2.66. The lowest BCUT2D eigenvalue weighted by Crippen LogP contribution is -2.29. The molecule has 0 spiro atoms. The van der Waals surface area contributed by atoms with Crippen LogP contribution in [0, 0.1) is 6.92 Å².